The molecule has 0 saturated carbocycles. The van der Waals surface area contributed by atoms with Crippen LogP contribution in [0.25, 0.3) is 0 Å². The van der Waals surface area contributed by atoms with Crippen LogP contribution in [0, 0.1) is 0 Å². The zero-order chi connectivity index (χ0) is 18.7. The number of rotatable bonds is 5. The fourth-order valence-electron chi connectivity index (χ4n) is 2.91. The Morgan fingerprint density at radius 3 is 2.31 bits per heavy atom. The Bertz CT molecular complexity index is 892. The van der Waals surface area contributed by atoms with Crippen molar-refractivity contribution in [2.45, 2.75) is 4.90 Å². The van der Waals surface area contributed by atoms with E-state index in [0.29, 0.717) is 31.2 Å². The number of sulfonamides is 1. The fraction of sp³-hybridized carbons (Fsp3) is 0.278. The average molecular weight is 395 g/mol. The first kappa shape index (κ1) is 18.8. The Balaban J connectivity index is 1.74. The molecule has 1 aliphatic heterocycles. The van der Waals surface area contributed by atoms with Crippen LogP contribution in [0.1, 0.15) is 10.4 Å². The third kappa shape index (κ3) is 3.91. The van der Waals surface area contributed by atoms with Crippen molar-refractivity contribution in [3.63, 3.8) is 0 Å². The van der Waals surface area contributed by atoms with Gasteiger partial charge < -0.3 is 10.0 Å². The molecule has 1 fully saturated rings. The summed E-state index contributed by atoms with van der Waals surface area (Å²) in [5.74, 6) is -0.505. The maximum Gasteiger partial charge on any atom is 0.243 e. The van der Waals surface area contributed by atoms with Crippen molar-refractivity contribution in [2.24, 2.45) is 0 Å². The first-order chi connectivity index (χ1) is 12.4. The quantitative estimate of drug-likeness (QED) is 0.785. The van der Waals surface area contributed by atoms with Gasteiger partial charge in [0.15, 0.2) is 5.78 Å². The number of halogens is 1. The van der Waals surface area contributed by atoms with Gasteiger partial charge in [-0.05, 0) is 36.4 Å². The summed E-state index contributed by atoms with van der Waals surface area (Å²) in [5.41, 5.74) is 1.19. The van der Waals surface area contributed by atoms with Gasteiger partial charge in [-0.25, -0.2) is 8.42 Å². The summed E-state index contributed by atoms with van der Waals surface area (Å²) in [7, 11) is -3.69. The molecule has 26 heavy (non-hydrogen) atoms. The molecule has 0 amide bonds. The molecule has 0 unspecified atom stereocenters. The van der Waals surface area contributed by atoms with E-state index in [1.165, 1.54) is 28.6 Å². The molecule has 1 heterocycles. The SMILES string of the molecule is O=C(CO)c1cccc(S(=O)(=O)N2CCN(c3ccc(Cl)cc3)CC2)c1. The van der Waals surface area contributed by atoms with Crippen LogP contribution in [0.4, 0.5) is 5.69 Å². The van der Waals surface area contributed by atoms with E-state index < -0.39 is 22.4 Å². The summed E-state index contributed by atoms with van der Waals surface area (Å²) in [6, 6.07) is 13.2. The van der Waals surface area contributed by atoms with Crippen molar-refractivity contribution in [2.75, 3.05) is 37.7 Å². The number of nitrogens with zero attached hydrogens (tertiary/aromatic N) is 2. The summed E-state index contributed by atoms with van der Waals surface area (Å²) >= 11 is 5.90. The standard InChI is InChI=1S/C18H19ClN2O4S/c19-15-4-6-16(7-5-15)20-8-10-21(11-9-20)26(24,25)17-3-1-2-14(12-17)18(23)13-22/h1-7,12,22H,8-11,13H2. The molecule has 1 N–H and O–H groups in total. The first-order valence-corrected chi connectivity index (χ1v) is 9.98. The normalized spacial score (nSPS) is 15.8. The third-order valence-electron chi connectivity index (χ3n) is 4.37. The lowest BCUT2D eigenvalue weighted by atomic mass is 10.1. The molecule has 3 rings (SSSR count). The molecule has 2 aromatic rings. The van der Waals surface area contributed by atoms with Crippen LogP contribution in [-0.4, -0.2) is 56.4 Å². The smallest absolute Gasteiger partial charge is 0.243 e. The number of hydrogen-bond donors (Lipinski definition) is 1. The van der Waals surface area contributed by atoms with E-state index in [4.69, 9.17) is 16.7 Å². The Kier molecular flexibility index (Phi) is 5.62. The molecule has 138 valence electrons. The number of aliphatic hydroxyl groups excluding tert-OH is 1. The van der Waals surface area contributed by atoms with E-state index in [9.17, 15) is 13.2 Å². The molecular formula is C18H19ClN2O4S. The van der Waals surface area contributed by atoms with Gasteiger partial charge in [0, 0.05) is 42.5 Å². The number of benzene rings is 2. The Labute approximate surface area is 157 Å². The summed E-state index contributed by atoms with van der Waals surface area (Å²) in [6.07, 6.45) is 0. The van der Waals surface area contributed by atoms with E-state index in [-0.39, 0.29) is 10.5 Å². The van der Waals surface area contributed by atoms with Gasteiger partial charge in [-0.2, -0.15) is 4.31 Å². The van der Waals surface area contributed by atoms with Gasteiger partial charge in [0.1, 0.15) is 6.61 Å². The van der Waals surface area contributed by atoms with E-state index in [0.717, 1.165) is 5.69 Å². The number of anilines is 1. The van der Waals surface area contributed by atoms with Crippen LogP contribution in [0.2, 0.25) is 5.02 Å². The lowest BCUT2D eigenvalue weighted by molar-refractivity contribution is 0.0903. The maximum absolute atomic E-state index is 12.9. The predicted octanol–water partition coefficient (Wildman–Crippen LogP) is 2.03. The zero-order valence-corrected chi connectivity index (χ0v) is 15.6. The Morgan fingerprint density at radius 1 is 1.04 bits per heavy atom. The van der Waals surface area contributed by atoms with Gasteiger partial charge in [0.05, 0.1) is 4.90 Å². The van der Waals surface area contributed by atoms with Crippen molar-refractivity contribution in [3.05, 3.63) is 59.1 Å². The van der Waals surface area contributed by atoms with Crippen molar-refractivity contribution in [3.8, 4) is 0 Å². The minimum Gasteiger partial charge on any atom is -0.388 e. The molecule has 0 atom stereocenters. The van der Waals surface area contributed by atoms with Crippen LogP contribution >= 0.6 is 11.6 Å². The Hall–Kier alpha value is -1.93. The van der Waals surface area contributed by atoms with Crippen molar-refractivity contribution >= 4 is 33.1 Å². The van der Waals surface area contributed by atoms with Gasteiger partial charge >= 0.3 is 0 Å². The van der Waals surface area contributed by atoms with Gasteiger partial charge in [-0.3, -0.25) is 4.79 Å². The lowest BCUT2D eigenvalue weighted by Gasteiger charge is -2.35. The number of carbonyl (C=O) groups is 1. The highest BCUT2D eigenvalue weighted by atomic mass is 35.5. The second-order valence-electron chi connectivity index (χ2n) is 5.98. The molecule has 1 saturated heterocycles. The Morgan fingerprint density at radius 2 is 1.69 bits per heavy atom. The number of piperazine rings is 1. The number of ketones is 1. The van der Waals surface area contributed by atoms with Crippen LogP contribution in [0.5, 0.6) is 0 Å². The third-order valence-corrected chi connectivity index (χ3v) is 6.51. The van der Waals surface area contributed by atoms with E-state index in [1.807, 2.05) is 24.3 Å². The van der Waals surface area contributed by atoms with Crippen molar-refractivity contribution < 1.29 is 18.3 Å². The number of hydrogen-bond acceptors (Lipinski definition) is 5. The minimum absolute atomic E-state index is 0.0664. The summed E-state index contributed by atoms with van der Waals surface area (Å²) in [5, 5.41) is 9.62. The van der Waals surface area contributed by atoms with Gasteiger partial charge in [0.2, 0.25) is 10.0 Å². The number of aliphatic hydroxyl groups is 1. The highest BCUT2D eigenvalue weighted by molar-refractivity contribution is 7.89. The summed E-state index contributed by atoms with van der Waals surface area (Å²) < 4.78 is 27.1. The van der Waals surface area contributed by atoms with Gasteiger partial charge in [-0.15, -0.1) is 0 Å². The van der Waals surface area contributed by atoms with Gasteiger partial charge in [0.25, 0.3) is 0 Å². The summed E-state index contributed by atoms with van der Waals surface area (Å²) in [6.45, 7) is 1.18. The van der Waals surface area contributed by atoms with Crippen LogP contribution in [-0.2, 0) is 10.0 Å². The van der Waals surface area contributed by atoms with Gasteiger partial charge in [-0.1, -0.05) is 23.7 Å². The molecule has 0 aromatic heterocycles. The molecule has 1 aliphatic rings. The summed E-state index contributed by atoms with van der Waals surface area (Å²) in [4.78, 5) is 13.8. The van der Waals surface area contributed by atoms with E-state index in [1.54, 1.807) is 0 Å². The van der Waals surface area contributed by atoms with Crippen molar-refractivity contribution in [1.82, 2.24) is 4.31 Å². The van der Waals surface area contributed by atoms with Crippen LogP contribution in [0.15, 0.2) is 53.4 Å². The highest BCUT2D eigenvalue weighted by Gasteiger charge is 2.29. The van der Waals surface area contributed by atoms with Crippen LogP contribution in [0.3, 0.4) is 0 Å². The average Bonchev–Trinajstić information content (AvgIpc) is 2.68. The minimum atomic E-state index is -3.69. The largest absolute Gasteiger partial charge is 0.388 e. The zero-order valence-electron chi connectivity index (χ0n) is 14.0. The molecule has 6 nitrogen and oxygen atoms in total. The molecule has 8 heteroatoms. The number of Topliss-reactive ketones (excluding diaryl/α,β-unsaturated/α-hetero) is 1. The topological polar surface area (TPSA) is 77.9 Å². The monoisotopic (exact) mass is 394 g/mol. The van der Waals surface area contributed by atoms with E-state index >= 15 is 0 Å². The second kappa shape index (κ2) is 7.75. The molecule has 0 radical (unpaired) electrons. The number of carbonyl (C=O) groups excluding carboxylic acids is 1. The molecular weight excluding hydrogens is 376 g/mol. The van der Waals surface area contributed by atoms with Crippen molar-refractivity contribution in [1.29, 1.82) is 0 Å². The predicted molar refractivity (Wildman–Crippen MR) is 100 cm³/mol. The maximum atomic E-state index is 12.9. The molecule has 0 spiro atoms. The lowest BCUT2D eigenvalue weighted by Crippen LogP contribution is -2.48. The molecule has 0 aliphatic carbocycles. The molecule has 2 aromatic carbocycles. The second-order valence-corrected chi connectivity index (χ2v) is 8.35. The van der Waals surface area contributed by atoms with Crippen LogP contribution < -0.4 is 4.90 Å². The first-order valence-electron chi connectivity index (χ1n) is 8.16. The van der Waals surface area contributed by atoms with E-state index in [2.05, 4.69) is 4.90 Å². The molecule has 0 bridgehead atoms. The highest BCUT2D eigenvalue weighted by Crippen LogP contribution is 2.23. The fourth-order valence-corrected chi connectivity index (χ4v) is 4.50.